The SMILES string of the molecule is Cc1ncc(CNC2CC2)n1Cc1cccc(F)c1Cl. The van der Waals surface area contributed by atoms with Crippen LogP contribution in [0.1, 0.15) is 29.9 Å². The summed E-state index contributed by atoms with van der Waals surface area (Å²) in [5, 5.41) is 3.67. The monoisotopic (exact) mass is 293 g/mol. The maximum absolute atomic E-state index is 13.5. The molecule has 1 aromatic heterocycles. The van der Waals surface area contributed by atoms with Crippen molar-refractivity contribution in [2.75, 3.05) is 0 Å². The highest BCUT2D eigenvalue weighted by atomic mass is 35.5. The lowest BCUT2D eigenvalue weighted by Gasteiger charge is -2.12. The molecule has 0 atom stereocenters. The lowest BCUT2D eigenvalue weighted by atomic mass is 10.2. The molecule has 0 spiro atoms. The Morgan fingerprint density at radius 2 is 2.25 bits per heavy atom. The normalized spacial score (nSPS) is 14.8. The van der Waals surface area contributed by atoms with E-state index in [9.17, 15) is 4.39 Å². The third-order valence-electron chi connectivity index (χ3n) is 3.65. The highest BCUT2D eigenvalue weighted by Gasteiger charge is 2.21. The molecule has 0 radical (unpaired) electrons. The highest BCUT2D eigenvalue weighted by molar-refractivity contribution is 6.31. The second-order valence-electron chi connectivity index (χ2n) is 5.25. The van der Waals surface area contributed by atoms with E-state index in [4.69, 9.17) is 11.6 Å². The topological polar surface area (TPSA) is 29.9 Å². The van der Waals surface area contributed by atoms with E-state index in [0.717, 1.165) is 23.6 Å². The van der Waals surface area contributed by atoms with Crippen LogP contribution in [0.4, 0.5) is 4.39 Å². The molecule has 106 valence electrons. The number of imidazole rings is 1. The van der Waals surface area contributed by atoms with E-state index in [2.05, 4.69) is 14.9 Å². The zero-order chi connectivity index (χ0) is 14.1. The molecule has 5 heteroatoms. The molecule has 1 aliphatic rings. The van der Waals surface area contributed by atoms with Gasteiger partial charge in [0, 0.05) is 18.8 Å². The summed E-state index contributed by atoms with van der Waals surface area (Å²) in [5.41, 5.74) is 1.88. The van der Waals surface area contributed by atoms with E-state index in [1.165, 1.54) is 18.9 Å². The van der Waals surface area contributed by atoms with Gasteiger partial charge in [0.2, 0.25) is 0 Å². The molecule has 1 fully saturated rings. The van der Waals surface area contributed by atoms with E-state index in [1.54, 1.807) is 6.07 Å². The fourth-order valence-electron chi connectivity index (χ4n) is 2.25. The van der Waals surface area contributed by atoms with Crippen molar-refractivity contribution in [1.82, 2.24) is 14.9 Å². The zero-order valence-corrected chi connectivity index (χ0v) is 12.1. The Morgan fingerprint density at radius 1 is 1.45 bits per heavy atom. The Balaban J connectivity index is 1.81. The van der Waals surface area contributed by atoms with Gasteiger partial charge in [0.05, 0.1) is 17.3 Å². The van der Waals surface area contributed by atoms with Crippen molar-refractivity contribution in [1.29, 1.82) is 0 Å². The molecule has 1 saturated carbocycles. The summed E-state index contributed by atoms with van der Waals surface area (Å²) < 4.78 is 15.6. The van der Waals surface area contributed by atoms with Crippen molar-refractivity contribution < 1.29 is 4.39 Å². The van der Waals surface area contributed by atoms with Crippen LogP contribution in [0.3, 0.4) is 0 Å². The Hall–Kier alpha value is -1.39. The minimum atomic E-state index is -0.375. The molecule has 1 aliphatic carbocycles. The molecule has 0 saturated heterocycles. The van der Waals surface area contributed by atoms with E-state index in [0.29, 0.717) is 12.6 Å². The van der Waals surface area contributed by atoms with Gasteiger partial charge >= 0.3 is 0 Å². The number of nitrogens with one attached hydrogen (secondary N) is 1. The molecule has 0 aliphatic heterocycles. The smallest absolute Gasteiger partial charge is 0.142 e. The maximum atomic E-state index is 13.5. The molecule has 20 heavy (non-hydrogen) atoms. The summed E-state index contributed by atoms with van der Waals surface area (Å²) in [6.45, 7) is 3.29. The second-order valence-corrected chi connectivity index (χ2v) is 5.63. The largest absolute Gasteiger partial charge is 0.327 e. The van der Waals surface area contributed by atoms with Gasteiger partial charge in [-0.05, 0) is 31.4 Å². The highest BCUT2D eigenvalue weighted by Crippen LogP contribution is 2.23. The minimum Gasteiger partial charge on any atom is -0.327 e. The van der Waals surface area contributed by atoms with Gasteiger partial charge < -0.3 is 9.88 Å². The molecule has 0 unspecified atom stereocenters. The van der Waals surface area contributed by atoms with Crippen LogP contribution < -0.4 is 5.32 Å². The van der Waals surface area contributed by atoms with Crippen molar-refractivity contribution in [3.63, 3.8) is 0 Å². The van der Waals surface area contributed by atoms with Crippen LogP contribution in [-0.4, -0.2) is 15.6 Å². The Morgan fingerprint density at radius 3 is 3.00 bits per heavy atom. The summed E-state index contributed by atoms with van der Waals surface area (Å²) >= 11 is 6.03. The van der Waals surface area contributed by atoms with Gasteiger partial charge in [-0.2, -0.15) is 0 Å². The van der Waals surface area contributed by atoms with Gasteiger partial charge in [0.25, 0.3) is 0 Å². The molecular formula is C15H17ClFN3. The lowest BCUT2D eigenvalue weighted by Crippen LogP contribution is -2.19. The van der Waals surface area contributed by atoms with Gasteiger partial charge in [0.1, 0.15) is 11.6 Å². The first-order chi connectivity index (χ1) is 9.65. The van der Waals surface area contributed by atoms with Crippen molar-refractivity contribution >= 4 is 11.6 Å². The molecule has 3 rings (SSSR count). The standard InChI is InChI=1S/C15H17ClFN3/c1-10-18-7-13(8-19-12-5-6-12)20(10)9-11-3-2-4-14(17)15(11)16/h2-4,7,12,19H,5-6,8-9H2,1H3. The number of benzene rings is 1. The van der Waals surface area contributed by atoms with Gasteiger partial charge in [-0.1, -0.05) is 23.7 Å². The molecule has 1 aromatic carbocycles. The van der Waals surface area contributed by atoms with Crippen LogP contribution >= 0.6 is 11.6 Å². The van der Waals surface area contributed by atoms with Gasteiger partial charge in [-0.25, -0.2) is 9.37 Å². The minimum absolute atomic E-state index is 0.196. The Labute approximate surface area is 122 Å². The van der Waals surface area contributed by atoms with Crippen LogP contribution in [0, 0.1) is 12.7 Å². The van der Waals surface area contributed by atoms with Gasteiger partial charge in [0.15, 0.2) is 0 Å². The summed E-state index contributed by atoms with van der Waals surface area (Å²) in [6.07, 6.45) is 4.38. The third-order valence-corrected chi connectivity index (χ3v) is 4.07. The molecule has 3 nitrogen and oxygen atoms in total. The number of aromatic nitrogens is 2. The van der Waals surface area contributed by atoms with Gasteiger partial charge in [-0.15, -0.1) is 0 Å². The average Bonchev–Trinajstić information content (AvgIpc) is 3.20. The maximum Gasteiger partial charge on any atom is 0.142 e. The van der Waals surface area contributed by atoms with Crippen LogP contribution in [0.5, 0.6) is 0 Å². The molecule has 2 aromatic rings. The van der Waals surface area contributed by atoms with E-state index in [1.807, 2.05) is 19.2 Å². The predicted octanol–water partition coefficient (Wildman–Crippen LogP) is 3.28. The van der Waals surface area contributed by atoms with Crippen LogP contribution in [0.25, 0.3) is 0 Å². The average molecular weight is 294 g/mol. The number of aryl methyl sites for hydroxylation is 1. The Bertz CT molecular complexity index is 620. The predicted molar refractivity (Wildman–Crippen MR) is 77.3 cm³/mol. The van der Waals surface area contributed by atoms with Crippen molar-refractivity contribution in [2.24, 2.45) is 0 Å². The summed E-state index contributed by atoms with van der Waals surface area (Å²) in [6, 6.07) is 5.56. The van der Waals surface area contributed by atoms with E-state index >= 15 is 0 Å². The molecule has 0 bridgehead atoms. The summed E-state index contributed by atoms with van der Waals surface area (Å²) in [5.74, 6) is 0.539. The summed E-state index contributed by atoms with van der Waals surface area (Å²) in [7, 11) is 0. The quantitative estimate of drug-likeness (QED) is 0.917. The van der Waals surface area contributed by atoms with E-state index in [-0.39, 0.29) is 10.8 Å². The van der Waals surface area contributed by atoms with Crippen molar-refractivity contribution in [3.05, 3.63) is 52.3 Å². The fourth-order valence-corrected chi connectivity index (χ4v) is 2.44. The number of nitrogens with zero attached hydrogens (tertiary/aromatic N) is 2. The Kier molecular flexibility index (Phi) is 3.76. The number of hydrogen-bond acceptors (Lipinski definition) is 2. The number of hydrogen-bond donors (Lipinski definition) is 1. The first kappa shape index (κ1) is 13.6. The first-order valence-corrected chi connectivity index (χ1v) is 7.20. The van der Waals surface area contributed by atoms with E-state index < -0.39 is 0 Å². The van der Waals surface area contributed by atoms with Crippen LogP contribution in [0.2, 0.25) is 5.02 Å². The van der Waals surface area contributed by atoms with Crippen molar-refractivity contribution in [2.45, 2.75) is 38.9 Å². The number of rotatable bonds is 5. The third kappa shape index (κ3) is 2.86. The molecule has 1 heterocycles. The fraction of sp³-hybridized carbons (Fsp3) is 0.400. The van der Waals surface area contributed by atoms with Crippen molar-refractivity contribution in [3.8, 4) is 0 Å². The lowest BCUT2D eigenvalue weighted by molar-refractivity contribution is 0.613. The zero-order valence-electron chi connectivity index (χ0n) is 11.4. The van der Waals surface area contributed by atoms with Crippen LogP contribution in [-0.2, 0) is 13.1 Å². The number of halogens is 2. The molecule has 0 amide bonds. The summed E-state index contributed by atoms with van der Waals surface area (Å²) in [4.78, 5) is 4.35. The van der Waals surface area contributed by atoms with Gasteiger partial charge in [-0.3, -0.25) is 0 Å². The van der Waals surface area contributed by atoms with Crippen LogP contribution in [0.15, 0.2) is 24.4 Å². The molecule has 1 N–H and O–H groups in total. The second kappa shape index (κ2) is 5.54. The molecular weight excluding hydrogens is 277 g/mol. The first-order valence-electron chi connectivity index (χ1n) is 6.82.